The van der Waals surface area contributed by atoms with Crippen LogP contribution in [0.15, 0.2) is 48.5 Å². The van der Waals surface area contributed by atoms with Crippen molar-refractivity contribution in [2.24, 2.45) is 17.6 Å². The molecule has 2 aromatic carbocycles. The van der Waals surface area contributed by atoms with E-state index in [0.29, 0.717) is 17.6 Å². The van der Waals surface area contributed by atoms with E-state index in [1.807, 2.05) is 18.2 Å². The molecule has 0 spiro atoms. The van der Waals surface area contributed by atoms with E-state index >= 15 is 0 Å². The zero-order valence-electron chi connectivity index (χ0n) is 14.4. The Morgan fingerprint density at radius 2 is 1.88 bits per heavy atom. The highest BCUT2D eigenvalue weighted by molar-refractivity contribution is 6.33. The number of hydrogen-bond donors (Lipinski definition) is 3. The van der Waals surface area contributed by atoms with Gasteiger partial charge in [-0.1, -0.05) is 35.9 Å². The van der Waals surface area contributed by atoms with Gasteiger partial charge in [0.2, 0.25) is 0 Å². The molecule has 4 N–H and O–H groups in total. The van der Waals surface area contributed by atoms with Gasteiger partial charge in [0, 0.05) is 31.1 Å². The Kier molecular flexibility index (Phi) is 3.85. The summed E-state index contributed by atoms with van der Waals surface area (Å²) in [6.07, 6.45) is 0. The highest BCUT2D eigenvalue weighted by Crippen LogP contribution is 2.44. The van der Waals surface area contributed by atoms with Crippen LogP contribution in [0.1, 0.15) is 5.56 Å². The Balaban J connectivity index is 1.46. The fourth-order valence-corrected chi connectivity index (χ4v) is 4.31. The van der Waals surface area contributed by atoms with Crippen molar-refractivity contribution in [2.45, 2.75) is 12.6 Å². The minimum absolute atomic E-state index is 0.511. The highest BCUT2D eigenvalue weighted by atomic mass is 35.5. The van der Waals surface area contributed by atoms with Crippen LogP contribution in [0, 0.1) is 11.8 Å². The number of hydrogen-bond acceptors (Lipinski definition) is 4. The van der Waals surface area contributed by atoms with E-state index in [9.17, 15) is 0 Å². The molecule has 5 heteroatoms. The minimum Gasteiger partial charge on any atom is -0.365 e. The van der Waals surface area contributed by atoms with Crippen LogP contribution < -0.4 is 16.4 Å². The molecule has 2 aliphatic rings. The second-order valence-electron chi connectivity index (χ2n) is 7.29. The first-order valence-corrected chi connectivity index (χ1v) is 9.47. The molecule has 0 amide bonds. The van der Waals surface area contributed by atoms with Gasteiger partial charge < -0.3 is 16.4 Å². The first-order chi connectivity index (χ1) is 12.7. The van der Waals surface area contributed by atoms with Crippen LogP contribution in [-0.4, -0.2) is 24.1 Å². The number of pyridine rings is 1. The van der Waals surface area contributed by atoms with Crippen LogP contribution in [0.5, 0.6) is 0 Å². The Morgan fingerprint density at radius 1 is 1.08 bits per heavy atom. The molecular formula is C21H21ClN4. The first-order valence-electron chi connectivity index (χ1n) is 9.10. The summed E-state index contributed by atoms with van der Waals surface area (Å²) in [7, 11) is 0. The fourth-order valence-electron chi connectivity index (χ4n) is 4.10. The lowest BCUT2D eigenvalue weighted by Crippen LogP contribution is -2.21. The number of piperidine rings is 1. The lowest BCUT2D eigenvalue weighted by molar-refractivity contribution is 0.696. The topological polar surface area (TPSA) is 63.0 Å². The van der Waals surface area contributed by atoms with Gasteiger partial charge in [0.1, 0.15) is 5.82 Å². The maximum atomic E-state index is 6.52. The van der Waals surface area contributed by atoms with E-state index in [0.717, 1.165) is 58.3 Å². The molecule has 5 rings (SSSR count). The van der Waals surface area contributed by atoms with Gasteiger partial charge in [-0.2, -0.15) is 0 Å². The van der Waals surface area contributed by atoms with Crippen LogP contribution >= 0.6 is 11.6 Å². The molecular weight excluding hydrogens is 344 g/mol. The number of anilines is 1. The number of nitrogens with two attached hydrogens (primary N) is 1. The average molecular weight is 365 g/mol. The Bertz CT molecular complexity index is 977. The van der Waals surface area contributed by atoms with E-state index in [-0.39, 0.29) is 0 Å². The summed E-state index contributed by atoms with van der Waals surface area (Å²) in [6.45, 7) is 2.74. The van der Waals surface area contributed by atoms with Gasteiger partial charge in [0.05, 0.1) is 10.5 Å². The number of nitrogens with one attached hydrogen (secondary N) is 2. The Morgan fingerprint density at radius 3 is 2.69 bits per heavy atom. The van der Waals surface area contributed by atoms with E-state index in [4.69, 9.17) is 22.3 Å². The largest absolute Gasteiger partial charge is 0.365 e. The van der Waals surface area contributed by atoms with E-state index in [1.54, 1.807) is 0 Å². The number of benzene rings is 2. The van der Waals surface area contributed by atoms with Crippen LogP contribution in [0.4, 0.5) is 5.82 Å². The molecule has 1 saturated carbocycles. The first kappa shape index (κ1) is 16.1. The number of fused-ring (bicyclic) bond motifs is 2. The molecule has 3 atom stereocenters. The summed E-state index contributed by atoms with van der Waals surface area (Å²) < 4.78 is 0. The fraction of sp³-hybridized carbons (Fsp3) is 0.286. The van der Waals surface area contributed by atoms with Crippen LogP contribution in [-0.2, 0) is 6.54 Å². The summed E-state index contributed by atoms with van der Waals surface area (Å²) in [5, 5.41) is 8.69. The van der Waals surface area contributed by atoms with Crippen molar-refractivity contribution < 1.29 is 0 Å². The molecule has 1 aliphatic heterocycles. The van der Waals surface area contributed by atoms with Crippen molar-refractivity contribution >= 4 is 28.3 Å². The number of aromatic nitrogens is 1. The monoisotopic (exact) mass is 364 g/mol. The molecule has 0 bridgehead atoms. The van der Waals surface area contributed by atoms with Gasteiger partial charge in [-0.15, -0.1) is 0 Å². The number of rotatable bonds is 4. The third-order valence-electron chi connectivity index (χ3n) is 5.66. The average Bonchev–Trinajstić information content (AvgIpc) is 3.09. The molecule has 4 nitrogen and oxygen atoms in total. The van der Waals surface area contributed by atoms with Crippen LogP contribution in [0.3, 0.4) is 0 Å². The number of halogens is 1. The van der Waals surface area contributed by atoms with Crippen molar-refractivity contribution in [3.63, 3.8) is 0 Å². The molecule has 2 heterocycles. The van der Waals surface area contributed by atoms with Crippen molar-refractivity contribution in [1.29, 1.82) is 0 Å². The van der Waals surface area contributed by atoms with E-state index < -0.39 is 0 Å². The number of nitrogens with zero attached hydrogens (tertiary/aromatic N) is 1. The van der Waals surface area contributed by atoms with E-state index in [1.165, 1.54) is 0 Å². The highest BCUT2D eigenvalue weighted by Gasteiger charge is 2.53. The SMILES string of the molecule is NCc1cccc(-c2ccc3nc(NC4[C@H]5CNC[C@@H]45)c(Cl)cc3c2)c1. The Labute approximate surface area is 157 Å². The summed E-state index contributed by atoms with van der Waals surface area (Å²) in [5.74, 6) is 2.25. The van der Waals surface area contributed by atoms with Gasteiger partial charge in [-0.3, -0.25) is 0 Å². The van der Waals surface area contributed by atoms with Gasteiger partial charge in [0.25, 0.3) is 0 Å². The maximum Gasteiger partial charge on any atom is 0.145 e. The summed E-state index contributed by atoms with van der Waals surface area (Å²) in [6, 6.07) is 17.2. The van der Waals surface area contributed by atoms with Crippen LogP contribution in [0.25, 0.3) is 22.0 Å². The lowest BCUT2D eigenvalue weighted by atomic mass is 10.0. The summed E-state index contributed by atoms with van der Waals surface area (Å²) >= 11 is 6.52. The predicted octanol–water partition coefficient (Wildman–Crippen LogP) is 3.64. The Hall–Kier alpha value is -2.14. The molecule has 2 fully saturated rings. The maximum absolute atomic E-state index is 6.52. The molecule has 1 aliphatic carbocycles. The summed E-state index contributed by atoms with van der Waals surface area (Å²) in [4.78, 5) is 4.77. The molecule has 132 valence electrons. The normalized spacial score (nSPS) is 23.8. The molecule has 1 unspecified atom stereocenters. The van der Waals surface area contributed by atoms with Gasteiger partial charge >= 0.3 is 0 Å². The quantitative estimate of drug-likeness (QED) is 0.661. The van der Waals surface area contributed by atoms with Gasteiger partial charge in [0.15, 0.2) is 0 Å². The van der Waals surface area contributed by atoms with Gasteiger partial charge in [-0.25, -0.2) is 4.98 Å². The van der Waals surface area contributed by atoms with Crippen molar-refractivity contribution in [3.8, 4) is 11.1 Å². The molecule has 3 aromatic rings. The molecule has 1 saturated heterocycles. The third kappa shape index (κ3) is 2.75. The lowest BCUT2D eigenvalue weighted by Gasteiger charge is -2.12. The van der Waals surface area contributed by atoms with Crippen molar-refractivity contribution in [2.75, 3.05) is 18.4 Å². The van der Waals surface area contributed by atoms with E-state index in [2.05, 4.69) is 41.0 Å². The van der Waals surface area contributed by atoms with Crippen LogP contribution in [0.2, 0.25) is 5.02 Å². The van der Waals surface area contributed by atoms with Gasteiger partial charge in [-0.05, 0) is 52.8 Å². The zero-order valence-corrected chi connectivity index (χ0v) is 15.1. The zero-order chi connectivity index (χ0) is 17.7. The standard InChI is InChI=1S/C21H21ClN4/c22-18-8-15-7-14(13-3-1-2-12(6-13)9-23)4-5-19(15)25-21(18)26-20-16-10-24-11-17(16)20/h1-8,16-17,20,24H,9-11,23H2,(H,25,26)/t16-,17+,20?. The third-order valence-corrected chi connectivity index (χ3v) is 5.95. The minimum atomic E-state index is 0.511. The smallest absolute Gasteiger partial charge is 0.145 e. The predicted molar refractivity (Wildman–Crippen MR) is 107 cm³/mol. The van der Waals surface area contributed by atoms with Crippen molar-refractivity contribution in [3.05, 3.63) is 59.1 Å². The molecule has 1 aromatic heterocycles. The van der Waals surface area contributed by atoms with Crippen molar-refractivity contribution in [1.82, 2.24) is 10.3 Å². The summed E-state index contributed by atoms with van der Waals surface area (Å²) in [5.41, 5.74) is 10.2. The molecule has 26 heavy (non-hydrogen) atoms. The second-order valence-corrected chi connectivity index (χ2v) is 7.69. The molecule has 0 radical (unpaired) electrons. The second kappa shape index (κ2) is 6.23.